The molecular weight excluding hydrogens is 508 g/mol. The van der Waals surface area contributed by atoms with Crippen LogP contribution in [-0.4, -0.2) is 82.2 Å². The highest BCUT2D eigenvalue weighted by atomic mass is 35.5. The molecule has 17 heteroatoms. The Morgan fingerprint density at radius 3 is 1.77 bits per heavy atom. The van der Waals surface area contributed by atoms with Crippen LogP contribution in [0.15, 0.2) is 0 Å². The molecule has 4 N–H and O–H groups in total. The third kappa shape index (κ3) is 6.96. The molecule has 30 heavy (non-hydrogen) atoms. The quantitative estimate of drug-likeness (QED) is 0.234. The van der Waals surface area contributed by atoms with E-state index >= 15 is 0 Å². The lowest BCUT2D eigenvalue weighted by Gasteiger charge is -2.36. The fraction of sp³-hybridized carbons (Fsp3) is 1.00. The molecule has 0 aromatic carbocycles. The zero-order chi connectivity index (χ0) is 23.1. The van der Waals surface area contributed by atoms with Crippen LogP contribution in [-0.2, 0) is 40.3 Å². The molecule has 6 unspecified atom stereocenters. The predicted molar refractivity (Wildman–Crippen MR) is 109 cm³/mol. The zero-order valence-corrected chi connectivity index (χ0v) is 19.9. The van der Waals surface area contributed by atoms with Gasteiger partial charge >= 0.3 is 0 Å². The van der Waals surface area contributed by atoms with E-state index in [1.54, 1.807) is 0 Å². The Hall–Kier alpha value is -0.0700. The van der Waals surface area contributed by atoms with Gasteiger partial charge in [0.1, 0.15) is 5.25 Å². The van der Waals surface area contributed by atoms with E-state index in [2.05, 4.69) is 9.44 Å². The van der Waals surface area contributed by atoms with Crippen molar-refractivity contribution in [2.75, 3.05) is 6.26 Å². The fourth-order valence-corrected chi connectivity index (χ4v) is 8.89. The molecule has 0 saturated heterocycles. The van der Waals surface area contributed by atoms with E-state index in [1.807, 2.05) is 0 Å². The van der Waals surface area contributed by atoms with E-state index in [0.717, 1.165) is 6.26 Å². The van der Waals surface area contributed by atoms with Gasteiger partial charge in [-0.1, -0.05) is 0 Å². The summed E-state index contributed by atoms with van der Waals surface area (Å²) in [5.41, 5.74) is 0. The van der Waals surface area contributed by atoms with E-state index in [-0.39, 0.29) is 32.1 Å². The number of hydrogen-bond acceptors (Lipinski definition) is 8. The number of nitrogens with one attached hydrogen (secondary N) is 2. The highest BCUT2D eigenvalue weighted by Gasteiger charge is 2.45. The number of sulfonamides is 2. The molecule has 0 amide bonds. The molecular formula is C13H25ClN2O10S4. The maximum atomic E-state index is 12.9. The summed E-state index contributed by atoms with van der Waals surface area (Å²) in [7, 11) is -17.2. The van der Waals surface area contributed by atoms with Crippen LogP contribution in [0.2, 0.25) is 0 Å². The topological polar surface area (TPSA) is 201 Å². The first kappa shape index (κ1) is 26.2. The molecule has 2 rings (SSSR count). The van der Waals surface area contributed by atoms with Crippen LogP contribution in [0.5, 0.6) is 0 Å². The van der Waals surface area contributed by atoms with Crippen molar-refractivity contribution >= 4 is 51.9 Å². The summed E-state index contributed by atoms with van der Waals surface area (Å²) < 4.78 is 118. The number of halogens is 1. The van der Waals surface area contributed by atoms with Crippen molar-refractivity contribution in [1.29, 1.82) is 0 Å². The largest absolute Gasteiger partial charge is 0.285 e. The van der Waals surface area contributed by atoms with Crippen LogP contribution in [0.25, 0.3) is 0 Å². The average molecular weight is 533 g/mol. The molecule has 0 aromatic rings. The van der Waals surface area contributed by atoms with Crippen molar-refractivity contribution in [1.82, 2.24) is 9.44 Å². The number of hydrogen-bond donors (Lipinski definition) is 4. The average Bonchev–Trinajstić information content (AvgIpc) is 2.53. The summed E-state index contributed by atoms with van der Waals surface area (Å²) in [6.07, 6.45) is -0.222. The summed E-state index contributed by atoms with van der Waals surface area (Å²) in [6, 6.07) is -2.35. The number of alkyl halides is 1. The van der Waals surface area contributed by atoms with Crippen molar-refractivity contribution in [2.45, 2.75) is 71.7 Å². The second kappa shape index (κ2) is 9.05. The Morgan fingerprint density at radius 1 is 0.733 bits per heavy atom. The minimum atomic E-state index is -4.71. The standard InChI is InChI=1S/C13H25ClN2O10S4/c1-27(17,18)15-11-6-8(2-4-10(11)14)28(19,20)16-12-7-9(29(21,22)23)3-5-13(12)30(24,25)26/h8-13,15-16H,2-7H2,1H3,(H,21,22,23)(H,24,25,26). The van der Waals surface area contributed by atoms with Gasteiger partial charge < -0.3 is 0 Å². The molecule has 2 aliphatic rings. The molecule has 6 atom stereocenters. The Bertz CT molecular complexity index is 1060. The van der Waals surface area contributed by atoms with Gasteiger partial charge in [-0.05, 0) is 38.5 Å². The van der Waals surface area contributed by atoms with Gasteiger partial charge in [-0.2, -0.15) is 16.8 Å². The Kier molecular flexibility index (Phi) is 7.90. The monoisotopic (exact) mass is 532 g/mol. The highest BCUT2D eigenvalue weighted by molar-refractivity contribution is 7.90. The van der Waals surface area contributed by atoms with Gasteiger partial charge in [-0.25, -0.2) is 26.3 Å². The van der Waals surface area contributed by atoms with Crippen molar-refractivity contribution in [3.8, 4) is 0 Å². The van der Waals surface area contributed by atoms with E-state index in [1.165, 1.54) is 0 Å². The van der Waals surface area contributed by atoms with Crippen molar-refractivity contribution in [3.63, 3.8) is 0 Å². The van der Waals surface area contributed by atoms with E-state index in [9.17, 15) is 42.8 Å². The molecule has 12 nitrogen and oxygen atoms in total. The Morgan fingerprint density at radius 2 is 1.27 bits per heavy atom. The van der Waals surface area contributed by atoms with E-state index in [4.69, 9.17) is 11.6 Å². The third-order valence-electron chi connectivity index (χ3n) is 5.38. The molecule has 0 radical (unpaired) electrons. The first-order valence-electron chi connectivity index (χ1n) is 8.95. The van der Waals surface area contributed by atoms with Crippen LogP contribution in [0.1, 0.15) is 38.5 Å². The minimum absolute atomic E-state index is 0.0659. The van der Waals surface area contributed by atoms with Crippen molar-refractivity contribution < 1.29 is 42.8 Å². The Balaban J connectivity index is 2.25. The number of rotatable bonds is 7. The third-order valence-corrected chi connectivity index (χ3v) is 11.2. The summed E-state index contributed by atoms with van der Waals surface area (Å²) >= 11 is 6.10. The SMILES string of the molecule is CS(=O)(=O)NC1CC(S(=O)(=O)NC2CC(S(=O)(=O)O)CCC2S(=O)(=O)O)CCC1Cl. The second-order valence-electron chi connectivity index (χ2n) is 7.72. The summed E-state index contributed by atoms with van der Waals surface area (Å²) in [5.74, 6) is 0. The van der Waals surface area contributed by atoms with Crippen LogP contribution in [0, 0.1) is 0 Å². The van der Waals surface area contributed by atoms with Crippen LogP contribution in [0.3, 0.4) is 0 Å². The smallest absolute Gasteiger partial charge is 0.269 e. The predicted octanol–water partition coefficient (Wildman–Crippen LogP) is -0.951. The van der Waals surface area contributed by atoms with Gasteiger partial charge in [0.2, 0.25) is 20.0 Å². The molecule has 0 aromatic heterocycles. The minimum Gasteiger partial charge on any atom is -0.285 e. The molecule has 2 fully saturated rings. The molecule has 0 aliphatic heterocycles. The van der Waals surface area contributed by atoms with Gasteiger partial charge in [-0.3, -0.25) is 9.11 Å². The van der Waals surface area contributed by atoms with Gasteiger partial charge in [0, 0.05) is 12.1 Å². The first-order valence-corrected chi connectivity index (χ1v) is 15.8. The first-order chi connectivity index (χ1) is 13.4. The van der Waals surface area contributed by atoms with E-state index < -0.39 is 79.9 Å². The summed E-state index contributed by atoms with van der Waals surface area (Å²) in [4.78, 5) is 0. The van der Waals surface area contributed by atoms with Crippen LogP contribution < -0.4 is 9.44 Å². The summed E-state index contributed by atoms with van der Waals surface area (Å²) in [5, 5.41) is -4.74. The lowest BCUT2D eigenvalue weighted by molar-refractivity contribution is 0.357. The molecule has 2 saturated carbocycles. The molecule has 0 bridgehead atoms. The van der Waals surface area contributed by atoms with Crippen LogP contribution in [0.4, 0.5) is 0 Å². The van der Waals surface area contributed by atoms with Crippen molar-refractivity contribution in [3.05, 3.63) is 0 Å². The Labute approximate surface area is 181 Å². The lowest BCUT2D eigenvalue weighted by Crippen LogP contribution is -2.56. The molecule has 0 heterocycles. The second-order valence-corrected chi connectivity index (χ2v) is 15.4. The normalized spacial score (nSPS) is 34.5. The highest BCUT2D eigenvalue weighted by Crippen LogP contribution is 2.32. The van der Waals surface area contributed by atoms with Gasteiger partial charge in [0.05, 0.1) is 22.1 Å². The van der Waals surface area contributed by atoms with Gasteiger partial charge in [-0.15, -0.1) is 11.6 Å². The maximum absolute atomic E-state index is 12.9. The summed E-state index contributed by atoms with van der Waals surface area (Å²) in [6.45, 7) is 0. The molecule has 178 valence electrons. The zero-order valence-electron chi connectivity index (χ0n) is 15.9. The lowest BCUT2D eigenvalue weighted by atomic mass is 9.95. The van der Waals surface area contributed by atoms with Crippen LogP contribution >= 0.6 is 11.6 Å². The maximum Gasteiger partial charge on any atom is 0.269 e. The van der Waals surface area contributed by atoms with E-state index in [0.29, 0.717) is 0 Å². The van der Waals surface area contributed by atoms with Gasteiger partial charge in [0.15, 0.2) is 0 Å². The van der Waals surface area contributed by atoms with Crippen molar-refractivity contribution in [2.24, 2.45) is 0 Å². The molecule has 2 aliphatic carbocycles. The molecule has 0 spiro atoms. The van der Waals surface area contributed by atoms with Gasteiger partial charge in [0.25, 0.3) is 20.2 Å². The fourth-order valence-electron chi connectivity index (χ4n) is 3.94.